The second kappa shape index (κ2) is 6.81. The van der Waals surface area contributed by atoms with Crippen LogP contribution in [-0.2, 0) is 0 Å². The lowest BCUT2D eigenvalue weighted by molar-refractivity contribution is 0.0782. The van der Waals surface area contributed by atoms with Gasteiger partial charge in [0.15, 0.2) is 0 Å². The highest BCUT2D eigenvalue weighted by atomic mass is 32.1. The zero-order chi connectivity index (χ0) is 14.5. The molecule has 0 unspecified atom stereocenters. The van der Waals surface area contributed by atoms with Crippen LogP contribution in [0.5, 0.6) is 0 Å². The summed E-state index contributed by atoms with van der Waals surface area (Å²) < 4.78 is 0. The topological polar surface area (TPSA) is 49.6 Å². The largest absolute Gasteiger partial charge is 0.389 e. The fraction of sp³-hybridized carbons (Fsp3) is 0.467. The highest BCUT2D eigenvalue weighted by molar-refractivity contribution is 7.80. The number of amides is 1. The van der Waals surface area contributed by atoms with Gasteiger partial charge in [0.25, 0.3) is 5.91 Å². The van der Waals surface area contributed by atoms with Gasteiger partial charge in [0.05, 0.1) is 0 Å². The molecule has 2 rings (SSSR count). The number of thiocarbonyl (C=S) groups is 1. The Kier molecular flexibility index (Phi) is 5.09. The first-order valence-electron chi connectivity index (χ1n) is 6.95. The third kappa shape index (κ3) is 3.77. The zero-order valence-corrected chi connectivity index (χ0v) is 12.7. The zero-order valence-electron chi connectivity index (χ0n) is 11.8. The summed E-state index contributed by atoms with van der Waals surface area (Å²) in [6.07, 6.45) is 2.54. The van der Waals surface area contributed by atoms with E-state index >= 15 is 0 Å². The first-order chi connectivity index (χ1) is 9.58. The van der Waals surface area contributed by atoms with Crippen LogP contribution in [0.15, 0.2) is 24.3 Å². The van der Waals surface area contributed by atoms with Gasteiger partial charge in [0.1, 0.15) is 4.99 Å². The molecule has 108 valence electrons. The Labute approximate surface area is 125 Å². The molecule has 1 aliphatic heterocycles. The molecule has 20 heavy (non-hydrogen) atoms. The molecule has 1 aromatic rings. The van der Waals surface area contributed by atoms with E-state index in [9.17, 15) is 4.79 Å². The quantitative estimate of drug-likeness (QED) is 0.835. The van der Waals surface area contributed by atoms with Crippen molar-refractivity contribution in [1.82, 2.24) is 9.80 Å². The second-order valence-corrected chi connectivity index (χ2v) is 5.66. The molecule has 0 saturated carbocycles. The molecule has 0 radical (unpaired) electrons. The molecule has 4 nitrogen and oxygen atoms in total. The van der Waals surface area contributed by atoms with Crippen LogP contribution >= 0.6 is 12.2 Å². The summed E-state index contributed by atoms with van der Waals surface area (Å²) in [5.41, 5.74) is 6.97. The average Bonchev–Trinajstić information content (AvgIpc) is 2.97. The molecular formula is C15H21N3OS. The third-order valence-corrected chi connectivity index (χ3v) is 3.93. The monoisotopic (exact) mass is 291 g/mol. The van der Waals surface area contributed by atoms with Crippen LogP contribution in [0.25, 0.3) is 0 Å². The number of rotatable bonds is 5. The fourth-order valence-corrected chi connectivity index (χ4v) is 2.55. The Hall–Kier alpha value is -1.46. The number of nitrogens with zero attached hydrogens (tertiary/aromatic N) is 2. The predicted molar refractivity (Wildman–Crippen MR) is 85.0 cm³/mol. The van der Waals surface area contributed by atoms with Gasteiger partial charge in [-0.15, -0.1) is 0 Å². The molecule has 5 heteroatoms. The number of carbonyl (C=O) groups is 1. The van der Waals surface area contributed by atoms with E-state index < -0.39 is 0 Å². The molecule has 1 amide bonds. The Bertz CT molecular complexity index is 498. The maximum absolute atomic E-state index is 12.3. The van der Waals surface area contributed by atoms with E-state index in [2.05, 4.69) is 4.90 Å². The highest BCUT2D eigenvalue weighted by Crippen LogP contribution is 2.10. The van der Waals surface area contributed by atoms with Crippen molar-refractivity contribution in [1.29, 1.82) is 0 Å². The van der Waals surface area contributed by atoms with E-state index in [1.807, 2.05) is 19.2 Å². The SMILES string of the molecule is CN(CCN1CCCC1)C(=O)c1cccc(C(N)=S)c1. The molecule has 1 aromatic carbocycles. The molecule has 1 heterocycles. The van der Waals surface area contributed by atoms with Gasteiger partial charge >= 0.3 is 0 Å². The molecular weight excluding hydrogens is 270 g/mol. The lowest BCUT2D eigenvalue weighted by Gasteiger charge is -2.21. The van der Waals surface area contributed by atoms with Crippen LogP contribution in [0.2, 0.25) is 0 Å². The van der Waals surface area contributed by atoms with Crippen LogP contribution < -0.4 is 5.73 Å². The normalized spacial score (nSPS) is 15.2. The molecule has 1 aliphatic rings. The van der Waals surface area contributed by atoms with E-state index in [1.54, 1.807) is 17.0 Å². The Morgan fingerprint density at radius 3 is 2.65 bits per heavy atom. The molecule has 2 N–H and O–H groups in total. The number of carbonyl (C=O) groups excluding carboxylic acids is 1. The maximum atomic E-state index is 12.3. The standard InChI is InChI=1S/C15H21N3OS/c1-17(9-10-18-7-2-3-8-18)15(19)13-6-4-5-12(11-13)14(16)20/h4-6,11H,2-3,7-10H2,1H3,(H2,16,20). The van der Waals surface area contributed by atoms with E-state index in [-0.39, 0.29) is 5.91 Å². The second-order valence-electron chi connectivity index (χ2n) is 5.22. The van der Waals surface area contributed by atoms with Crippen LogP contribution in [0.4, 0.5) is 0 Å². The third-order valence-electron chi connectivity index (χ3n) is 3.69. The molecule has 0 aromatic heterocycles. The fourth-order valence-electron chi connectivity index (χ4n) is 2.43. The Balaban J connectivity index is 1.95. The summed E-state index contributed by atoms with van der Waals surface area (Å²) in [4.78, 5) is 16.8. The van der Waals surface area contributed by atoms with Gasteiger partial charge in [-0.3, -0.25) is 4.79 Å². The molecule has 0 aliphatic carbocycles. The minimum absolute atomic E-state index is 0.0160. The maximum Gasteiger partial charge on any atom is 0.253 e. The lowest BCUT2D eigenvalue weighted by atomic mass is 10.1. The number of hydrogen-bond acceptors (Lipinski definition) is 3. The van der Waals surface area contributed by atoms with Gasteiger partial charge in [-0.1, -0.05) is 24.4 Å². The summed E-state index contributed by atoms with van der Waals surface area (Å²) in [5, 5.41) is 0. The molecule has 0 bridgehead atoms. The minimum atomic E-state index is 0.0160. The first-order valence-corrected chi connectivity index (χ1v) is 7.36. The first kappa shape index (κ1) is 14.9. The van der Waals surface area contributed by atoms with Crippen LogP contribution in [0.3, 0.4) is 0 Å². The summed E-state index contributed by atoms with van der Waals surface area (Å²) >= 11 is 4.94. The van der Waals surface area contributed by atoms with Crippen molar-refractivity contribution in [2.75, 3.05) is 33.2 Å². The smallest absolute Gasteiger partial charge is 0.253 e. The summed E-state index contributed by atoms with van der Waals surface area (Å²) in [6.45, 7) is 3.99. The summed E-state index contributed by atoms with van der Waals surface area (Å²) in [5.74, 6) is 0.0160. The van der Waals surface area contributed by atoms with Crippen molar-refractivity contribution in [3.63, 3.8) is 0 Å². The van der Waals surface area contributed by atoms with Crippen molar-refractivity contribution in [3.05, 3.63) is 35.4 Å². The van der Waals surface area contributed by atoms with Crippen molar-refractivity contribution in [2.45, 2.75) is 12.8 Å². The summed E-state index contributed by atoms with van der Waals surface area (Å²) in [6, 6.07) is 7.20. The van der Waals surface area contributed by atoms with Crippen LogP contribution in [-0.4, -0.2) is 53.9 Å². The van der Waals surface area contributed by atoms with Crippen LogP contribution in [0.1, 0.15) is 28.8 Å². The Morgan fingerprint density at radius 2 is 2.00 bits per heavy atom. The molecule has 1 saturated heterocycles. The number of likely N-dealkylation sites (N-methyl/N-ethyl adjacent to an activating group) is 1. The Morgan fingerprint density at radius 1 is 1.35 bits per heavy atom. The van der Waals surface area contributed by atoms with Gasteiger partial charge < -0.3 is 15.5 Å². The average molecular weight is 291 g/mol. The van der Waals surface area contributed by atoms with E-state index in [1.165, 1.54) is 12.8 Å². The summed E-state index contributed by atoms with van der Waals surface area (Å²) in [7, 11) is 1.84. The van der Waals surface area contributed by atoms with Gasteiger partial charge in [-0.2, -0.15) is 0 Å². The number of hydrogen-bond donors (Lipinski definition) is 1. The van der Waals surface area contributed by atoms with Gasteiger partial charge in [-0.05, 0) is 38.1 Å². The highest BCUT2D eigenvalue weighted by Gasteiger charge is 2.15. The van der Waals surface area contributed by atoms with Crippen molar-refractivity contribution < 1.29 is 4.79 Å². The van der Waals surface area contributed by atoms with E-state index in [0.717, 1.165) is 31.7 Å². The van der Waals surface area contributed by atoms with Crippen molar-refractivity contribution >= 4 is 23.1 Å². The van der Waals surface area contributed by atoms with Gasteiger partial charge in [0.2, 0.25) is 0 Å². The molecule has 0 spiro atoms. The number of benzene rings is 1. The number of likely N-dealkylation sites (tertiary alicyclic amines) is 1. The molecule has 0 atom stereocenters. The van der Waals surface area contributed by atoms with E-state index in [0.29, 0.717) is 10.6 Å². The predicted octanol–water partition coefficient (Wildman–Crippen LogP) is 1.49. The van der Waals surface area contributed by atoms with Crippen LogP contribution in [0, 0.1) is 0 Å². The van der Waals surface area contributed by atoms with E-state index in [4.69, 9.17) is 18.0 Å². The number of nitrogens with two attached hydrogens (primary N) is 1. The van der Waals surface area contributed by atoms with Crippen molar-refractivity contribution in [3.8, 4) is 0 Å². The van der Waals surface area contributed by atoms with Crippen molar-refractivity contribution in [2.24, 2.45) is 5.73 Å². The minimum Gasteiger partial charge on any atom is -0.389 e. The van der Waals surface area contributed by atoms with Gasteiger partial charge in [-0.25, -0.2) is 0 Å². The molecule has 1 fully saturated rings. The lowest BCUT2D eigenvalue weighted by Crippen LogP contribution is -2.35. The van der Waals surface area contributed by atoms with Gasteiger partial charge in [0, 0.05) is 31.3 Å².